The van der Waals surface area contributed by atoms with Crippen LogP contribution in [0, 0.1) is 5.92 Å². The number of carbonyl (C=O) groups is 1. The fraction of sp³-hybridized carbons (Fsp3) is 0.941. The maximum Gasteiger partial charge on any atom is 0.326 e. The number of hydrogen-bond acceptors (Lipinski definition) is 4. The van der Waals surface area contributed by atoms with E-state index in [1.807, 2.05) is 20.8 Å². The predicted octanol–water partition coefficient (Wildman–Crippen LogP) is 3.54. The Morgan fingerprint density at radius 1 is 1.14 bits per heavy atom. The number of rotatable bonds is 13. The summed E-state index contributed by atoms with van der Waals surface area (Å²) in [6.45, 7) is 13.1. The SMILES string of the molecule is CCNC(C)(CCCCOCCCC(C)C)C(=O)OCC. The highest BCUT2D eigenvalue weighted by molar-refractivity contribution is 5.80. The van der Waals surface area contributed by atoms with E-state index in [1.54, 1.807) is 0 Å². The summed E-state index contributed by atoms with van der Waals surface area (Å²) in [6.07, 6.45) is 5.10. The molecule has 1 unspecified atom stereocenters. The molecular weight excluding hydrogens is 266 g/mol. The fourth-order valence-electron chi connectivity index (χ4n) is 2.32. The van der Waals surface area contributed by atoms with Gasteiger partial charge >= 0.3 is 5.97 Å². The van der Waals surface area contributed by atoms with Crippen molar-refractivity contribution in [2.24, 2.45) is 5.92 Å². The number of carbonyl (C=O) groups excluding carboxylic acids is 1. The van der Waals surface area contributed by atoms with Crippen LogP contribution < -0.4 is 5.32 Å². The van der Waals surface area contributed by atoms with Crippen LogP contribution in [-0.4, -0.2) is 37.9 Å². The van der Waals surface area contributed by atoms with Gasteiger partial charge in [-0.2, -0.15) is 0 Å². The van der Waals surface area contributed by atoms with Gasteiger partial charge in [-0.25, -0.2) is 0 Å². The van der Waals surface area contributed by atoms with Crippen LogP contribution in [0.5, 0.6) is 0 Å². The van der Waals surface area contributed by atoms with Crippen molar-refractivity contribution in [3.8, 4) is 0 Å². The van der Waals surface area contributed by atoms with Crippen molar-refractivity contribution in [2.45, 2.75) is 72.3 Å². The minimum atomic E-state index is -0.567. The van der Waals surface area contributed by atoms with Gasteiger partial charge in [0.05, 0.1) is 6.61 Å². The average molecular weight is 301 g/mol. The molecule has 0 spiro atoms. The van der Waals surface area contributed by atoms with Crippen molar-refractivity contribution < 1.29 is 14.3 Å². The molecule has 126 valence electrons. The molecule has 4 nitrogen and oxygen atoms in total. The van der Waals surface area contributed by atoms with Crippen LogP contribution >= 0.6 is 0 Å². The van der Waals surface area contributed by atoms with E-state index in [9.17, 15) is 4.79 Å². The predicted molar refractivity (Wildman–Crippen MR) is 87.5 cm³/mol. The number of hydrogen-bond donors (Lipinski definition) is 1. The highest BCUT2D eigenvalue weighted by Crippen LogP contribution is 2.16. The second kappa shape index (κ2) is 12.0. The molecule has 0 radical (unpaired) electrons. The molecule has 1 atom stereocenters. The third kappa shape index (κ3) is 9.86. The lowest BCUT2D eigenvalue weighted by atomic mass is 9.95. The maximum absolute atomic E-state index is 12.0. The second-order valence-electron chi connectivity index (χ2n) is 6.19. The second-order valence-corrected chi connectivity index (χ2v) is 6.19. The standard InChI is InChI=1S/C17H35NO3/c1-6-18-17(5,16(19)21-7-2)12-8-9-13-20-14-10-11-15(3)4/h15,18H,6-14H2,1-5H3. The molecule has 4 heteroatoms. The quantitative estimate of drug-likeness (QED) is 0.417. The van der Waals surface area contributed by atoms with E-state index >= 15 is 0 Å². The van der Waals surface area contributed by atoms with E-state index in [-0.39, 0.29) is 5.97 Å². The first-order valence-electron chi connectivity index (χ1n) is 8.46. The molecule has 0 aromatic carbocycles. The third-order valence-corrected chi connectivity index (χ3v) is 3.58. The van der Waals surface area contributed by atoms with Crippen LogP contribution in [0.1, 0.15) is 66.7 Å². The van der Waals surface area contributed by atoms with Gasteiger partial charge in [0.15, 0.2) is 0 Å². The van der Waals surface area contributed by atoms with Crippen LogP contribution in [-0.2, 0) is 14.3 Å². The van der Waals surface area contributed by atoms with E-state index in [0.29, 0.717) is 6.61 Å². The summed E-state index contributed by atoms with van der Waals surface area (Å²) < 4.78 is 10.8. The monoisotopic (exact) mass is 301 g/mol. The molecule has 21 heavy (non-hydrogen) atoms. The number of nitrogens with one attached hydrogen (secondary N) is 1. The Bertz CT molecular complexity index is 269. The van der Waals surface area contributed by atoms with Gasteiger partial charge < -0.3 is 14.8 Å². The Labute approximate surface area is 131 Å². The Morgan fingerprint density at radius 2 is 1.81 bits per heavy atom. The first kappa shape index (κ1) is 20.4. The molecule has 0 saturated heterocycles. The number of unbranched alkanes of at least 4 members (excludes halogenated alkanes) is 1. The van der Waals surface area contributed by atoms with Gasteiger partial charge in [-0.05, 0) is 58.4 Å². The van der Waals surface area contributed by atoms with E-state index in [1.165, 1.54) is 6.42 Å². The highest BCUT2D eigenvalue weighted by atomic mass is 16.5. The van der Waals surface area contributed by atoms with Gasteiger partial charge in [0.25, 0.3) is 0 Å². The molecule has 0 aromatic rings. The van der Waals surface area contributed by atoms with Gasteiger partial charge in [0.2, 0.25) is 0 Å². The number of likely N-dealkylation sites (N-methyl/N-ethyl adjacent to an activating group) is 1. The smallest absolute Gasteiger partial charge is 0.326 e. The molecule has 1 N–H and O–H groups in total. The topological polar surface area (TPSA) is 47.6 Å². The van der Waals surface area contributed by atoms with Gasteiger partial charge in [-0.1, -0.05) is 20.8 Å². The molecule has 0 aliphatic carbocycles. The molecule has 0 amide bonds. The minimum Gasteiger partial charge on any atom is -0.465 e. The molecule has 0 bridgehead atoms. The van der Waals surface area contributed by atoms with Crippen LogP contribution in [0.25, 0.3) is 0 Å². The van der Waals surface area contributed by atoms with E-state index in [0.717, 1.165) is 51.4 Å². The first-order valence-corrected chi connectivity index (χ1v) is 8.46. The summed E-state index contributed by atoms with van der Waals surface area (Å²) in [4.78, 5) is 12.0. The van der Waals surface area contributed by atoms with Crippen molar-refractivity contribution in [1.29, 1.82) is 0 Å². The molecular formula is C17H35NO3. The summed E-state index contributed by atoms with van der Waals surface area (Å²) in [7, 11) is 0. The maximum atomic E-state index is 12.0. The first-order chi connectivity index (χ1) is 9.96. The summed E-state index contributed by atoms with van der Waals surface area (Å²) in [5.41, 5.74) is -0.567. The third-order valence-electron chi connectivity index (χ3n) is 3.58. The average Bonchev–Trinajstić information content (AvgIpc) is 2.42. The van der Waals surface area contributed by atoms with Gasteiger partial charge in [0, 0.05) is 13.2 Å². The molecule has 0 fully saturated rings. The summed E-state index contributed by atoms with van der Waals surface area (Å²) in [6, 6.07) is 0. The Balaban J connectivity index is 3.81. The molecule has 0 heterocycles. The van der Waals surface area contributed by atoms with E-state index in [2.05, 4.69) is 19.2 Å². The zero-order chi connectivity index (χ0) is 16.1. The highest BCUT2D eigenvalue weighted by Gasteiger charge is 2.32. The number of ether oxygens (including phenoxy) is 2. The summed E-state index contributed by atoms with van der Waals surface area (Å²) in [5, 5.41) is 3.25. The lowest BCUT2D eigenvalue weighted by molar-refractivity contribution is -0.150. The van der Waals surface area contributed by atoms with Gasteiger partial charge in [0.1, 0.15) is 5.54 Å². The van der Waals surface area contributed by atoms with E-state index < -0.39 is 5.54 Å². The van der Waals surface area contributed by atoms with Crippen molar-refractivity contribution in [1.82, 2.24) is 5.32 Å². The van der Waals surface area contributed by atoms with Crippen LogP contribution in [0.4, 0.5) is 0 Å². The number of esters is 1. The minimum absolute atomic E-state index is 0.148. The van der Waals surface area contributed by atoms with Crippen LogP contribution in [0.3, 0.4) is 0 Å². The lowest BCUT2D eigenvalue weighted by Gasteiger charge is -2.28. The zero-order valence-corrected chi connectivity index (χ0v) is 14.7. The summed E-state index contributed by atoms with van der Waals surface area (Å²) >= 11 is 0. The Morgan fingerprint density at radius 3 is 2.38 bits per heavy atom. The molecule has 0 aliphatic heterocycles. The normalized spacial score (nSPS) is 14.2. The molecule has 0 aliphatic rings. The van der Waals surface area contributed by atoms with Crippen LogP contribution in [0.15, 0.2) is 0 Å². The lowest BCUT2D eigenvalue weighted by Crippen LogP contribution is -2.50. The fourth-order valence-corrected chi connectivity index (χ4v) is 2.32. The zero-order valence-electron chi connectivity index (χ0n) is 14.7. The van der Waals surface area contributed by atoms with Gasteiger partial charge in [-0.15, -0.1) is 0 Å². The Hall–Kier alpha value is -0.610. The molecule has 0 aromatic heterocycles. The molecule has 0 rings (SSSR count). The van der Waals surface area contributed by atoms with Crippen molar-refractivity contribution >= 4 is 5.97 Å². The van der Waals surface area contributed by atoms with Gasteiger partial charge in [-0.3, -0.25) is 4.79 Å². The largest absolute Gasteiger partial charge is 0.465 e. The van der Waals surface area contributed by atoms with Crippen LogP contribution in [0.2, 0.25) is 0 Å². The summed E-state index contributed by atoms with van der Waals surface area (Å²) in [5.74, 6) is 0.601. The van der Waals surface area contributed by atoms with Crippen molar-refractivity contribution in [2.75, 3.05) is 26.4 Å². The molecule has 0 saturated carbocycles. The van der Waals surface area contributed by atoms with Crippen molar-refractivity contribution in [3.05, 3.63) is 0 Å². The Kier molecular flexibility index (Phi) is 11.6. The van der Waals surface area contributed by atoms with E-state index in [4.69, 9.17) is 9.47 Å². The van der Waals surface area contributed by atoms with Crippen molar-refractivity contribution in [3.63, 3.8) is 0 Å².